The molecule has 0 radical (unpaired) electrons. The molecular formula is C5H11N3O2. The second kappa shape index (κ2) is 3.84. The van der Waals surface area contributed by atoms with Gasteiger partial charge in [0.1, 0.15) is 0 Å². The van der Waals surface area contributed by atoms with Gasteiger partial charge in [0.2, 0.25) is 11.8 Å². The lowest BCUT2D eigenvalue weighted by Gasteiger charge is -2.03. The number of amides is 2. The summed E-state index contributed by atoms with van der Waals surface area (Å²) in [5.41, 5.74) is 14.8. The van der Waals surface area contributed by atoms with E-state index in [-0.39, 0.29) is 12.8 Å². The number of hydrogen-bond donors (Lipinski definition) is 3. The van der Waals surface area contributed by atoms with E-state index in [1.165, 1.54) is 0 Å². The molecule has 0 unspecified atom stereocenters. The van der Waals surface area contributed by atoms with E-state index >= 15 is 0 Å². The van der Waals surface area contributed by atoms with E-state index in [0.29, 0.717) is 0 Å². The summed E-state index contributed by atoms with van der Waals surface area (Å²) in [6.07, 6.45) is 0.328. The normalized spacial score (nSPS) is 12.5. The molecule has 5 nitrogen and oxygen atoms in total. The average Bonchev–Trinajstić information content (AvgIpc) is 1.82. The quantitative estimate of drug-likeness (QED) is 0.428. The first-order valence-corrected chi connectivity index (χ1v) is 2.87. The number of nitrogens with two attached hydrogens (primary N) is 3. The predicted octanol–water partition coefficient (Wildman–Crippen LogP) is -1.94. The lowest BCUT2D eigenvalue weighted by molar-refractivity contribution is -0.120. The molecule has 10 heavy (non-hydrogen) atoms. The van der Waals surface area contributed by atoms with E-state index in [0.717, 1.165) is 0 Å². The average molecular weight is 145 g/mol. The fourth-order valence-corrected chi connectivity index (χ4v) is 0.440. The molecule has 2 amide bonds. The van der Waals surface area contributed by atoms with Gasteiger partial charge in [-0.3, -0.25) is 9.59 Å². The maximum atomic E-state index is 10.3. The van der Waals surface area contributed by atoms with Gasteiger partial charge in [0.15, 0.2) is 0 Å². The van der Waals surface area contributed by atoms with E-state index < -0.39 is 17.9 Å². The van der Waals surface area contributed by atoms with Crippen LogP contribution in [-0.4, -0.2) is 17.9 Å². The number of hydrogen-bond acceptors (Lipinski definition) is 3. The van der Waals surface area contributed by atoms with E-state index in [1.54, 1.807) is 0 Å². The lowest BCUT2D eigenvalue weighted by Crippen LogP contribution is -2.37. The van der Waals surface area contributed by atoms with E-state index in [9.17, 15) is 9.59 Å². The first-order valence-electron chi connectivity index (χ1n) is 2.87. The molecule has 0 aliphatic heterocycles. The smallest absolute Gasteiger partial charge is 0.234 e. The Labute approximate surface area is 58.5 Å². The van der Waals surface area contributed by atoms with Crippen molar-refractivity contribution in [2.45, 2.75) is 18.9 Å². The summed E-state index contributed by atoms with van der Waals surface area (Å²) in [5.74, 6) is -1.09. The van der Waals surface area contributed by atoms with Gasteiger partial charge < -0.3 is 17.2 Å². The molecule has 0 saturated heterocycles. The Morgan fingerprint density at radius 2 is 1.80 bits per heavy atom. The standard InChI is InChI=1S/C5H11N3O2/c6-3(5(8)10)1-2-4(7)9/h3H,1-2,6H2,(H2,7,9)(H2,8,10)/t3-/m1/s1. The number of rotatable bonds is 4. The van der Waals surface area contributed by atoms with E-state index in [4.69, 9.17) is 17.2 Å². The summed E-state index contributed by atoms with van der Waals surface area (Å²) >= 11 is 0. The predicted molar refractivity (Wildman–Crippen MR) is 35.6 cm³/mol. The minimum absolute atomic E-state index is 0.101. The molecule has 0 heterocycles. The first kappa shape index (κ1) is 8.90. The van der Waals surface area contributed by atoms with Crippen molar-refractivity contribution in [2.75, 3.05) is 0 Å². The molecule has 1 atom stereocenters. The Kier molecular flexibility index (Phi) is 3.42. The lowest BCUT2D eigenvalue weighted by atomic mass is 10.1. The van der Waals surface area contributed by atoms with Crippen LogP contribution in [0.15, 0.2) is 0 Å². The monoisotopic (exact) mass is 145 g/mol. The molecule has 0 spiro atoms. The zero-order chi connectivity index (χ0) is 8.15. The van der Waals surface area contributed by atoms with E-state index in [1.807, 2.05) is 0 Å². The third kappa shape index (κ3) is 3.85. The molecule has 0 fully saturated rings. The van der Waals surface area contributed by atoms with Crippen molar-refractivity contribution in [2.24, 2.45) is 17.2 Å². The van der Waals surface area contributed by atoms with Crippen molar-refractivity contribution < 1.29 is 9.59 Å². The van der Waals surface area contributed by atoms with Crippen LogP contribution in [0.5, 0.6) is 0 Å². The van der Waals surface area contributed by atoms with Gasteiger partial charge in [-0.05, 0) is 6.42 Å². The number of primary amides is 2. The maximum Gasteiger partial charge on any atom is 0.234 e. The second-order valence-corrected chi connectivity index (χ2v) is 2.01. The highest BCUT2D eigenvalue weighted by atomic mass is 16.1. The van der Waals surface area contributed by atoms with Crippen LogP contribution in [0, 0.1) is 0 Å². The van der Waals surface area contributed by atoms with Crippen LogP contribution in [0.4, 0.5) is 0 Å². The van der Waals surface area contributed by atoms with Crippen LogP contribution >= 0.6 is 0 Å². The molecule has 0 aliphatic carbocycles. The third-order valence-corrected chi connectivity index (χ3v) is 1.07. The Hall–Kier alpha value is -1.10. The largest absolute Gasteiger partial charge is 0.370 e. The van der Waals surface area contributed by atoms with Crippen molar-refractivity contribution in [3.63, 3.8) is 0 Å². The summed E-state index contributed by atoms with van der Waals surface area (Å²) < 4.78 is 0. The molecule has 0 aromatic rings. The molecule has 0 bridgehead atoms. The van der Waals surface area contributed by atoms with Gasteiger partial charge in [0, 0.05) is 6.42 Å². The van der Waals surface area contributed by atoms with Gasteiger partial charge in [-0.25, -0.2) is 0 Å². The fourth-order valence-electron chi connectivity index (χ4n) is 0.440. The molecule has 6 N–H and O–H groups in total. The Balaban J connectivity index is 3.49. The van der Waals surface area contributed by atoms with Gasteiger partial charge in [-0.2, -0.15) is 0 Å². The molecule has 0 rings (SSSR count). The highest BCUT2D eigenvalue weighted by Gasteiger charge is 2.09. The van der Waals surface area contributed by atoms with Crippen LogP contribution < -0.4 is 17.2 Å². The van der Waals surface area contributed by atoms with Gasteiger partial charge in [0.25, 0.3) is 0 Å². The Bertz CT molecular complexity index is 146. The van der Waals surface area contributed by atoms with Crippen molar-refractivity contribution in [1.29, 1.82) is 0 Å². The van der Waals surface area contributed by atoms with Crippen molar-refractivity contribution >= 4 is 11.8 Å². The summed E-state index contributed by atoms with van der Waals surface area (Å²) in [4.78, 5) is 20.4. The molecule has 0 aliphatic rings. The SMILES string of the molecule is NC(=O)CC[C@@H](N)C(N)=O. The van der Waals surface area contributed by atoms with Crippen molar-refractivity contribution in [1.82, 2.24) is 0 Å². The molecule has 0 saturated carbocycles. The maximum absolute atomic E-state index is 10.3. The summed E-state index contributed by atoms with van der Waals surface area (Å²) in [6, 6.07) is -0.757. The highest BCUT2D eigenvalue weighted by Crippen LogP contribution is 1.91. The van der Waals surface area contributed by atoms with Crippen LogP contribution in [-0.2, 0) is 9.59 Å². The number of carbonyl (C=O) groups excluding carboxylic acids is 2. The highest BCUT2D eigenvalue weighted by molar-refractivity contribution is 5.81. The van der Waals surface area contributed by atoms with Crippen LogP contribution in [0.25, 0.3) is 0 Å². The Morgan fingerprint density at radius 3 is 2.10 bits per heavy atom. The van der Waals surface area contributed by atoms with Gasteiger partial charge in [-0.15, -0.1) is 0 Å². The fraction of sp³-hybridized carbons (Fsp3) is 0.600. The van der Waals surface area contributed by atoms with Gasteiger partial charge in [-0.1, -0.05) is 0 Å². The molecule has 0 aromatic heterocycles. The molecule has 58 valence electrons. The summed E-state index contributed by atoms with van der Waals surface area (Å²) in [7, 11) is 0. The van der Waals surface area contributed by atoms with Crippen LogP contribution in [0.3, 0.4) is 0 Å². The van der Waals surface area contributed by atoms with Crippen molar-refractivity contribution in [3.05, 3.63) is 0 Å². The van der Waals surface area contributed by atoms with Gasteiger partial charge >= 0.3 is 0 Å². The summed E-state index contributed by atoms with van der Waals surface area (Å²) in [6.45, 7) is 0. The molecule has 5 heteroatoms. The zero-order valence-electron chi connectivity index (χ0n) is 5.54. The van der Waals surface area contributed by atoms with Crippen LogP contribution in [0.2, 0.25) is 0 Å². The van der Waals surface area contributed by atoms with Gasteiger partial charge in [0.05, 0.1) is 6.04 Å². The molecular weight excluding hydrogens is 134 g/mol. The first-order chi connectivity index (χ1) is 4.54. The second-order valence-electron chi connectivity index (χ2n) is 2.01. The number of carbonyl (C=O) groups is 2. The van der Waals surface area contributed by atoms with Crippen LogP contribution in [0.1, 0.15) is 12.8 Å². The topological polar surface area (TPSA) is 112 Å². The summed E-state index contributed by atoms with van der Waals surface area (Å²) in [5, 5.41) is 0. The molecule has 0 aromatic carbocycles. The Morgan fingerprint density at radius 1 is 1.30 bits per heavy atom. The minimum atomic E-state index is -0.757. The zero-order valence-corrected chi connectivity index (χ0v) is 5.54. The van der Waals surface area contributed by atoms with Crippen molar-refractivity contribution in [3.8, 4) is 0 Å². The van der Waals surface area contributed by atoms with E-state index in [2.05, 4.69) is 0 Å². The minimum Gasteiger partial charge on any atom is -0.370 e. The third-order valence-electron chi connectivity index (χ3n) is 1.07.